The molecule has 0 unspecified atom stereocenters. The summed E-state index contributed by atoms with van der Waals surface area (Å²) in [6, 6.07) is 1.72. The van der Waals surface area contributed by atoms with E-state index in [2.05, 4.69) is 17.3 Å². The molecule has 6 nitrogen and oxygen atoms in total. The van der Waals surface area contributed by atoms with Crippen LogP contribution < -0.4 is 11.1 Å². The van der Waals surface area contributed by atoms with Crippen molar-refractivity contribution >= 4 is 11.6 Å². The van der Waals surface area contributed by atoms with Crippen LogP contribution in [0.2, 0.25) is 0 Å². The van der Waals surface area contributed by atoms with Crippen molar-refractivity contribution in [2.24, 2.45) is 7.05 Å². The maximum atomic E-state index is 12.1. The molecule has 1 amide bonds. The van der Waals surface area contributed by atoms with E-state index in [1.807, 2.05) is 24.0 Å². The highest BCUT2D eigenvalue weighted by atomic mass is 16.1. The minimum Gasteiger partial charge on any atom is -0.397 e. The van der Waals surface area contributed by atoms with Gasteiger partial charge in [-0.1, -0.05) is 6.92 Å². The molecule has 0 aromatic carbocycles. The molecule has 6 heteroatoms. The fourth-order valence-corrected chi connectivity index (χ4v) is 2.16. The van der Waals surface area contributed by atoms with Crippen LogP contribution >= 0.6 is 0 Å². The molecule has 0 saturated heterocycles. The Labute approximate surface area is 118 Å². The van der Waals surface area contributed by atoms with E-state index in [9.17, 15) is 4.79 Å². The summed E-state index contributed by atoms with van der Waals surface area (Å²) in [7, 11) is 1.88. The molecule has 0 atom stereocenters. The second kappa shape index (κ2) is 6.27. The number of aromatic nitrogens is 3. The summed E-state index contributed by atoms with van der Waals surface area (Å²) in [5, 5.41) is 7.01. The number of rotatable bonds is 6. The van der Waals surface area contributed by atoms with E-state index in [4.69, 9.17) is 5.73 Å². The molecule has 2 rings (SSSR count). The van der Waals surface area contributed by atoms with E-state index in [1.54, 1.807) is 16.9 Å². The molecule has 3 N–H and O–H groups in total. The lowest BCUT2D eigenvalue weighted by Crippen LogP contribution is -2.27. The third-order valence-corrected chi connectivity index (χ3v) is 3.07. The molecule has 2 aromatic heterocycles. The first-order chi connectivity index (χ1) is 9.60. The summed E-state index contributed by atoms with van der Waals surface area (Å²) < 4.78 is 3.65. The van der Waals surface area contributed by atoms with Crippen LogP contribution in [0.1, 0.15) is 29.4 Å². The predicted octanol–water partition coefficient (Wildman–Crippen LogP) is 1.19. The largest absolute Gasteiger partial charge is 0.397 e. The normalized spacial score (nSPS) is 10.7. The standard InChI is InChI=1S/C14H21N5O/c1-3-6-19-10-12(15)7-13(19)14(20)16-5-4-11-8-17-18(2)9-11/h7-10H,3-6,15H2,1-2H3,(H,16,20). The molecule has 0 radical (unpaired) electrons. The van der Waals surface area contributed by atoms with Gasteiger partial charge in [0, 0.05) is 32.5 Å². The molecule has 20 heavy (non-hydrogen) atoms. The predicted molar refractivity (Wildman–Crippen MR) is 78.4 cm³/mol. The number of carbonyl (C=O) groups excluding carboxylic acids is 1. The van der Waals surface area contributed by atoms with Gasteiger partial charge in [-0.2, -0.15) is 5.10 Å². The summed E-state index contributed by atoms with van der Waals surface area (Å²) in [6.07, 6.45) is 7.29. The number of aryl methyl sites for hydroxylation is 2. The van der Waals surface area contributed by atoms with Crippen LogP contribution in [-0.4, -0.2) is 26.8 Å². The highest BCUT2D eigenvalue weighted by molar-refractivity contribution is 5.93. The molecule has 0 fully saturated rings. The Bertz CT molecular complexity index is 584. The van der Waals surface area contributed by atoms with E-state index in [0.717, 1.165) is 24.9 Å². The fourth-order valence-electron chi connectivity index (χ4n) is 2.16. The quantitative estimate of drug-likeness (QED) is 0.831. The monoisotopic (exact) mass is 275 g/mol. The van der Waals surface area contributed by atoms with E-state index in [0.29, 0.717) is 17.9 Å². The third kappa shape index (κ3) is 3.40. The number of nitrogen functional groups attached to an aromatic ring is 1. The van der Waals surface area contributed by atoms with Crippen molar-refractivity contribution in [2.45, 2.75) is 26.3 Å². The molecule has 2 heterocycles. The van der Waals surface area contributed by atoms with Crippen LogP contribution in [0.15, 0.2) is 24.7 Å². The number of hydrogen-bond donors (Lipinski definition) is 2. The first-order valence-electron chi connectivity index (χ1n) is 6.81. The molecular weight excluding hydrogens is 254 g/mol. The number of amides is 1. The zero-order valence-corrected chi connectivity index (χ0v) is 12.0. The van der Waals surface area contributed by atoms with Crippen molar-refractivity contribution in [2.75, 3.05) is 12.3 Å². The number of carbonyl (C=O) groups is 1. The van der Waals surface area contributed by atoms with Crippen LogP contribution in [0.25, 0.3) is 0 Å². The first-order valence-corrected chi connectivity index (χ1v) is 6.81. The van der Waals surface area contributed by atoms with E-state index in [1.165, 1.54) is 0 Å². The van der Waals surface area contributed by atoms with Gasteiger partial charge in [-0.3, -0.25) is 9.48 Å². The van der Waals surface area contributed by atoms with Crippen molar-refractivity contribution in [3.63, 3.8) is 0 Å². The zero-order valence-electron chi connectivity index (χ0n) is 12.0. The molecule has 0 aliphatic rings. The van der Waals surface area contributed by atoms with Gasteiger partial charge in [0.25, 0.3) is 5.91 Å². The van der Waals surface area contributed by atoms with Crippen LogP contribution in [0.4, 0.5) is 5.69 Å². The lowest BCUT2D eigenvalue weighted by Gasteiger charge is -2.08. The van der Waals surface area contributed by atoms with Gasteiger partial charge in [0.2, 0.25) is 0 Å². The van der Waals surface area contributed by atoms with Gasteiger partial charge in [-0.05, 0) is 24.5 Å². The van der Waals surface area contributed by atoms with Crippen LogP contribution in [0.5, 0.6) is 0 Å². The molecule has 0 aliphatic carbocycles. The fraction of sp³-hybridized carbons (Fsp3) is 0.429. The van der Waals surface area contributed by atoms with Gasteiger partial charge in [-0.15, -0.1) is 0 Å². The minimum absolute atomic E-state index is 0.0842. The summed E-state index contributed by atoms with van der Waals surface area (Å²) in [5.74, 6) is -0.0842. The number of nitrogens with zero attached hydrogens (tertiary/aromatic N) is 3. The lowest BCUT2D eigenvalue weighted by molar-refractivity contribution is 0.0944. The van der Waals surface area contributed by atoms with Gasteiger partial charge < -0.3 is 15.6 Å². The van der Waals surface area contributed by atoms with Crippen molar-refractivity contribution in [3.05, 3.63) is 35.9 Å². The second-order valence-corrected chi connectivity index (χ2v) is 4.88. The third-order valence-electron chi connectivity index (χ3n) is 3.07. The highest BCUT2D eigenvalue weighted by Crippen LogP contribution is 2.11. The molecule has 108 valence electrons. The maximum absolute atomic E-state index is 12.1. The highest BCUT2D eigenvalue weighted by Gasteiger charge is 2.12. The molecule has 0 bridgehead atoms. The Morgan fingerprint density at radius 3 is 2.90 bits per heavy atom. The van der Waals surface area contributed by atoms with Crippen LogP contribution in [0.3, 0.4) is 0 Å². The number of nitrogens with two attached hydrogens (primary N) is 1. The first kappa shape index (κ1) is 14.2. The lowest BCUT2D eigenvalue weighted by atomic mass is 10.2. The van der Waals surface area contributed by atoms with E-state index in [-0.39, 0.29) is 5.91 Å². The average Bonchev–Trinajstić information content (AvgIpc) is 2.96. The van der Waals surface area contributed by atoms with Gasteiger partial charge in [0.05, 0.1) is 11.9 Å². The Hall–Kier alpha value is -2.24. The van der Waals surface area contributed by atoms with Gasteiger partial charge in [0.15, 0.2) is 0 Å². The molecule has 2 aromatic rings. The Kier molecular flexibility index (Phi) is 4.45. The summed E-state index contributed by atoms with van der Waals surface area (Å²) >= 11 is 0. The Balaban J connectivity index is 1.91. The van der Waals surface area contributed by atoms with Crippen LogP contribution in [0, 0.1) is 0 Å². The Morgan fingerprint density at radius 1 is 1.45 bits per heavy atom. The average molecular weight is 275 g/mol. The van der Waals surface area contributed by atoms with Crippen LogP contribution in [-0.2, 0) is 20.0 Å². The van der Waals surface area contributed by atoms with Gasteiger partial charge in [0.1, 0.15) is 5.69 Å². The smallest absolute Gasteiger partial charge is 0.267 e. The zero-order chi connectivity index (χ0) is 14.5. The second-order valence-electron chi connectivity index (χ2n) is 4.88. The van der Waals surface area contributed by atoms with Gasteiger partial charge >= 0.3 is 0 Å². The minimum atomic E-state index is -0.0842. The van der Waals surface area contributed by atoms with E-state index < -0.39 is 0 Å². The van der Waals surface area contributed by atoms with Crippen molar-refractivity contribution in [3.8, 4) is 0 Å². The molecule has 0 aliphatic heterocycles. The maximum Gasteiger partial charge on any atom is 0.267 e. The SMILES string of the molecule is CCCn1cc(N)cc1C(=O)NCCc1cnn(C)c1. The van der Waals surface area contributed by atoms with Gasteiger partial charge in [-0.25, -0.2) is 0 Å². The van der Waals surface area contributed by atoms with E-state index >= 15 is 0 Å². The number of anilines is 1. The number of nitrogens with one attached hydrogen (secondary N) is 1. The summed E-state index contributed by atoms with van der Waals surface area (Å²) in [4.78, 5) is 12.1. The molecular formula is C14H21N5O. The summed E-state index contributed by atoms with van der Waals surface area (Å²) in [6.45, 7) is 3.45. The topological polar surface area (TPSA) is 77.9 Å². The number of hydrogen-bond acceptors (Lipinski definition) is 3. The van der Waals surface area contributed by atoms with Crippen molar-refractivity contribution in [1.82, 2.24) is 19.7 Å². The Morgan fingerprint density at radius 2 is 2.25 bits per heavy atom. The summed E-state index contributed by atoms with van der Waals surface area (Å²) in [5.41, 5.74) is 8.11. The molecule has 0 saturated carbocycles. The molecule has 0 spiro atoms. The van der Waals surface area contributed by atoms with Crippen molar-refractivity contribution in [1.29, 1.82) is 0 Å². The van der Waals surface area contributed by atoms with Crippen molar-refractivity contribution < 1.29 is 4.79 Å².